The quantitative estimate of drug-likeness (QED) is 0.628. The Bertz CT molecular complexity index is 848. The van der Waals surface area contributed by atoms with Gasteiger partial charge < -0.3 is 4.74 Å². The largest absolute Gasteiger partial charge is 0.495 e. The summed E-state index contributed by atoms with van der Waals surface area (Å²) in [6.45, 7) is 1.72. The van der Waals surface area contributed by atoms with Gasteiger partial charge >= 0.3 is 0 Å². The van der Waals surface area contributed by atoms with E-state index in [0.717, 1.165) is 12.1 Å². The molecule has 2 aromatic rings. The molecule has 0 saturated carbocycles. The minimum absolute atomic E-state index is 0.0851. The van der Waals surface area contributed by atoms with Crippen LogP contribution in [-0.2, 0) is 9.84 Å². The van der Waals surface area contributed by atoms with E-state index in [2.05, 4.69) is 0 Å². The van der Waals surface area contributed by atoms with E-state index >= 15 is 0 Å². The molecule has 0 aliphatic heterocycles. The number of nitro benzene ring substituents is 1. The molecule has 0 fully saturated rings. The number of aryl methyl sites for hydroxylation is 1. The Balaban J connectivity index is 2.77. The third-order valence-electron chi connectivity index (χ3n) is 3.02. The molecule has 0 aliphatic rings. The van der Waals surface area contributed by atoms with E-state index in [4.69, 9.17) is 16.3 Å². The lowest BCUT2D eigenvalue weighted by Gasteiger charge is -2.11. The van der Waals surface area contributed by atoms with Crippen LogP contribution in [0.25, 0.3) is 0 Å². The Morgan fingerprint density at radius 3 is 2.41 bits per heavy atom. The van der Waals surface area contributed by atoms with Crippen molar-refractivity contribution in [3.05, 3.63) is 57.1 Å². The van der Waals surface area contributed by atoms with Crippen molar-refractivity contribution in [3.63, 3.8) is 0 Å². The number of sulfone groups is 1. The zero-order valence-corrected chi connectivity index (χ0v) is 13.3. The first-order chi connectivity index (χ1) is 10.3. The molecule has 6 nitrogen and oxygen atoms in total. The summed E-state index contributed by atoms with van der Waals surface area (Å²) < 4.78 is 30.6. The van der Waals surface area contributed by atoms with E-state index in [1.54, 1.807) is 13.0 Å². The smallest absolute Gasteiger partial charge is 0.289 e. The zero-order valence-electron chi connectivity index (χ0n) is 11.7. The van der Waals surface area contributed by atoms with Gasteiger partial charge in [-0.3, -0.25) is 10.1 Å². The summed E-state index contributed by atoms with van der Waals surface area (Å²) in [7, 11) is -2.79. The number of rotatable bonds is 4. The lowest BCUT2D eigenvalue weighted by Crippen LogP contribution is -2.07. The Morgan fingerprint density at radius 1 is 1.14 bits per heavy atom. The molecule has 0 atom stereocenters. The lowest BCUT2D eigenvalue weighted by atomic mass is 10.2. The van der Waals surface area contributed by atoms with Crippen molar-refractivity contribution < 1.29 is 18.1 Å². The van der Waals surface area contributed by atoms with Gasteiger partial charge in [-0.25, -0.2) is 8.42 Å². The normalized spacial score (nSPS) is 11.2. The summed E-state index contributed by atoms with van der Waals surface area (Å²) in [5.74, 6) is 0.120. The van der Waals surface area contributed by atoms with Gasteiger partial charge in [0.15, 0.2) is 0 Å². The maximum atomic E-state index is 12.8. The molecular formula is C14H12ClNO5S. The van der Waals surface area contributed by atoms with Gasteiger partial charge in [0.2, 0.25) is 9.84 Å². The molecule has 0 heterocycles. The molecule has 116 valence electrons. The van der Waals surface area contributed by atoms with Gasteiger partial charge in [-0.15, -0.1) is 0 Å². The predicted octanol–water partition coefficient (Wildman–Crippen LogP) is 3.40. The van der Waals surface area contributed by atoms with Crippen LogP contribution in [0.15, 0.2) is 46.2 Å². The molecule has 22 heavy (non-hydrogen) atoms. The number of hydrogen-bond donors (Lipinski definition) is 0. The zero-order chi connectivity index (χ0) is 16.5. The highest BCUT2D eigenvalue weighted by atomic mass is 35.5. The van der Waals surface area contributed by atoms with Crippen LogP contribution in [0.4, 0.5) is 5.69 Å². The maximum Gasteiger partial charge on any atom is 0.289 e. The molecule has 0 amide bonds. The number of hydrogen-bond acceptors (Lipinski definition) is 5. The molecule has 0 aliphatic carbocycles. The topological polar surface area (TPSA) is 86.5 Å². The van der Waals surface area contributed by atoms with Crippen molar-refractivity contribution in [3.8, 4) is 5.75 Å². The monoisotopic (exact) mass is 341 g/mol. The fourth-order valence-electron chi connectivity index (χ4n) is 1.97. The van der Waals surface area contributed by atoms with Crippen molar-refractivity contribution in [2.75, 3.05) is 7.11 Å². The van der Waals surface area contributed by atoms with Gasteiger partial charge in [-0.1, -0.05) is 17.7 Å². The van der Waals surface area contributed by atoms with Crippen LogP contribution in [0.5, 0.6) is 5.75 Å². The summed E-state index contributed by atoms with van der Waals surface area (Å²) in [6.07, 6.45) is 0. The van der Waals surface area contributed by atoms with E-state index in [1.807, 2.05) is 0 Å². The van der Waals surface area contributed by atoms with Crippen LogP contribution in [0, 0.1) is 17.0 Å². The highest BCUT2D eigenvalue weighted by molar-refractivity contribution is 7.91. The van der Waals surface area contributed by atoms with Crippen LogP contribution in [0.2, 0.25) is 5.02 Å². The van der Waals surface area contributed by atoms with Crippen LogP contribution in [0.3, 0.4) is 0 Å². The Kier molecular flexibility index (Phi) is 4.39. The third-order valence-corrected chi connectivity index (χ3v) is 5.07. The van der Waals surface area contributed by atoms with E-state index in [-0.39, 0.29) is 15.7 Å². The summed E-state index contributed by atoms with van der Waals surface area (Å²) in [6, 6.07) is 8.03. The van der Waals surface area contributed by atoms with Crippen LogP contribution >= 0.6 is 11.6 Å². The highest BCUT2D eigenvalue weighted by Gasteiger charge is 2.30. The third kappa shape index (κ3) is 2.90. The fourth-order valence-corrected chi connectivity index (χ4v) is 3.79. The SMILES string of the molecule is COc1ccc(C)cc1S(=O)(=O)c1ccc(Cl)cc1[N+](=O)[O-]. The maximum absolute atomic E-state index is 12.8. The fraction of sp³-hybridized carbons (Fsp3) is 0.143. The predicted molar refractivity (Wildman–Crippen MR) is 81.3 cm³/mol. The molecule has 0 bridgehead atoms. The number of benzene rings is 2. The van der Waals surface area contributed by atoms with Crippen LogP contribution in [-0.4, -0.2) is 20.5 Å². The molecule has 2 aromatic carbocycles. The Morgan fingerprint density at radius 2 is 1.82 bits per heavy atom. The van der Waals surface area contributed by atoms with E-state index in [0.29, 0.717) is 5.56 Å². The molecule has 0 saturated heterocycles. The van der Waals surface area contributed by atoms with Crippen molar-refractivity contribution in [1.82, 2.24) is 0 Å². The van der Waals surface area contributed by atoms with E-state index < -0.39 is 25.3 Å². The summed E-state index contributed by atoms with van der Waals surface area (Å²) >= 11 is 5.72. The standard InChI is InChI=1S/C14H12ClNO5S/c1-9-3-5-12(21-2)14(7-9)22(19,20)13-6-4-10(15)8-11(13)16(17)18/h3-8H,1-2H3. The first-order valence-electron chi connectivity index (χ1n) is 6.11. The molecule has 0 spiro atoms. The average Bonchev–Trinajstić information content (AvgIpc) is 2.46. The average molecular weight is 342 g/mol. The number of methoxy groups -OCH3 is 1. The molecule has 0 aromatic heterocycles. The van der Waals surface area contributed by atoms with Crippen LogP contribution < -0.4 is 4.74 Å². The molecule has 0 unspecified atom stereocenters. The van der Waals surface area contributed by atoms with Gasteiger partial charge in [0.05, 0.1) is 12.0 Å². The lowest BCUT2D eigenvalue weighted by molar-refractivity contribution is -0.387. The second-order valence-corrected chi connectivity index (χ2v) is 6.85. The molecule has 2 rings (SSSR count). The van der Waals surface area contributed by atoms with Crippen molar-refractivity contribution in [2.45, 2.75) is 16.7 Å². The molecule has 0 N–H and O–H groups in total. The number of ether oxygens (including phenoxy) is 1. The number of halogens is 1. The number of nitrogens with zero attached hydrogens (tertiary/aromatic N) is 1. The van der Waals surface area contributed by atoms with E-state index in [1.165, 1.54) is 25.3 Å². The van der Waals surface area contributed by atoms with Gasteiger partial charge in [-0.2, -0.15) is 0 Å². The minimum atomic E-state index is -4.12. The van der Waals surface area contributed by atoms with Crippen molar-refractivity contribution in [2.24, 2.45) is 0 Å². The second-order valence-electron chi connectivity index (χ2n) is 4.53. The summed E-state index contributed by atoms with van der Waals surface area (Å²) in [5.41, 5.74) is 0.118. The second kappa shape index (κ2) is 5.94. The van der Waals surface area contributed by atoms with Crippen molar-refractivity contribution >= 4 is 27.1 Å². The van der Waals surface area contributed by atoms with Gasteiger partial charge in [0, 0.05) is 11.1 Å². The number of nitro groups is 1. The highest BCUT2D eigenvalue weighted by Crippen LogP contribution is 2.35. The minimum Gasteiger partial charge on any atom is -0.495 e. The first kappa shape index (κ1) is 16.3. The summed E-state index contributed by atoms with van der Waals surface area (Å²) in [4.78, 5) is 9.80. The molecule has 8 heteroatoms. The van der Waals surface area contributed by atoms with Gasteiger partial charge in [0.1, 0.15) is 15.5 Å². The van der Waals surface area contributed by atoms with Gasteiger partial charge in [-0.05, 0) is 36.8 Å². The Labute approximate surface area is 132 Å². The summed E-state index contributed by atoms with van der Waals surface area (Å²) in [5, 5.41) is 11.2. The Hall–Kier alpha value is -2.12. The van der Waals surface area contributed by atoms with E-state index in [9.17, 15) is 18.5 Å². The molecular weight excluding hydrogens is 330 g/mol. The van der Waals surface area contributed by atoms with Gasteiger partial charge in [0.25, 0.3) is 5.69 Å². The van der Waals surface area contributed by atoms with Crippen LogP contribution in [0.1, 0.15) is 5.56 Å². The first-order valence-corrected chi connectivity index (χ1v) is 7.97. The molecule has 0 radical (unpaired) electrons. The van der Waals surface area contributed by atoms with Crippen molar-refractivity contribution in [1.29, 1.82) is 0 Å².